The third-order valence-electron chi connectivity index (χ3n) is 3.63. The van der Waals surface area contributed by atoms with Crippen molar-refractivity contribution in [1.82, 2.24) is 4.90 Å². The van der Waals surface area contributed by atoms with Crippen molar-refractivity contribution in [1.29, 1.82) is 0 Å². The second-order valence-corrected chi connectivity index (χ2v) is 6.26. The van der Waals surface area contributed by atoms with E-state index in [-0.39, 0.29) is 17.7 Å². The zero-order chi connectivity index (χ0) is 16.3. The zero-order valence-electron chi connectivity index (χ0n) is 12.2. The average Bonchev–Trinajstić information content (AvgIpc) is 2.45. The van der Waals surface area contributed by atoms with Crippen molar-refractivity contribution >= 4 is 35.0 Å². The third kappa shape index (κ3) is 4.27. The molecule has 0 spiro atoms. The zero-order valence-corrected chi connectivity index (χ0v) is 13.7. The van der Waals surface area contributed by atoms with Crippen LogP contribution in [0.15, 0.2) is 18.2 Å². The quantitative estimate of drug-likeness (QED) is 0.911. The normalized spacial score (nSPS) is 19.6. The molecule has 0 saturated carbocycles. The van der Waals surface area contributed by atoms with Crippen LogP contribution in [0, 0.1) is 5.92 Å². The van der Waals surface area contributed by atoms with Gasteiger partial charge in [-0.2, -0.15) is 0 Å². The molecular formula is C15H18Cl2N2O3. The molecule has 1 aliphatic rings. The van der Waals surface area contributed by atoms with Crippen molar-refractivity contribution in [3.05, 3.63) is 28.2 Å². The number of ether oxygens (including phenoxy) is 1. The maximum atomic E-state index is 12.4. The van der Waals surface area contributed by atoms with E-state index >= 15 is 0 Å². The van der Waals surface area contributed by atoms with Gasteiger partial charge in [0.25, 0.3) is 5.91 Å². The van der Waals surface area contributed by atoms with Gasteiger partial charge in [0.15, 0.2) is 6.10 Å². The molecule has 1 aromatic rings. The molecule has 7 heteroatoms. The maximum absolute atomic E-state index is 12.4. The van der Waals surface area contributed by atoms with Crippen LogP contribution in [0.25, 0.3) is 0 Å². The molecule has 2 amide bonds. The first kappa shape index (κ1) is 16.9. The SMILES string of the molecule is C[C@H](Oc1cc(Cl)cc(Cl)c1)C(=O)N1CCC[C@H](C(N)=O)C1. The minimum atomic E-state index is -0.693. The summed E-state index contributed by atoms with van der Waals surface area (Å²) >= 11 is 11.8. The summed E-state index contributed by atoms with van der Waals surface area (Å²) in [6.07, 6.45) is 0.786. The third-order valence-corrected chi connectivity index (χ3v) is 4.07. The number of carbonyl (C=O) groups is 2. The van der Waals surface area contributed by atoms with E-state index in [9.17, 15) is 9.59 Å². The van der Waals surface area contributed by atoms with Gasteiger partial charge in [-0.25, -0.2) is 0 Å². The fourth-order valence-corrected chi connectivity index (χ4v) is 3.02. The van der Waals surface area contributed by atoms with Crippen molar-refractivity contribution in [2.24, 2.45) is 11.7 Å². The highest BCUT2D eigenvalue weighted by molar-refractivity contribution is 6.34. The number of nitrogens with zero attached hydrogens (tertiary/aromatic N) is 1. The Balaban J connectivity index is 2.00. The van der Waals surface area contributed by atoms with E-state index in [1.54, 1.807) is 30.0 Å². The Labute approximate surface area is 139 Å². The van der Waals surface area contributed by atoms with E-state index in [0.29, 0.717) is 28.9 Å². The van der Waals surface area contributed by atoms with Gasteiger partial charge in [-0.15, -0.1) is 0 Å². The molecule has 1 heterocycles. The molecule has 2 atom stereocenters. The average molecular weight is 345 g/mol. The minimum Gasteiger partial charge on any atom is -0.481 e. The lowest BCUT2D eigenvalue weighted by molar-refractivity contribution is -0.141. The number of benzene rings is 1. The number of halogens is 2. The molecule has 0 aromatic heterocycles. The molecule has 2 rings (SSSR count). The van der Waals surface area contributed by atoms with Crippen LogP contribution in [0.1, 0.15) is 19.8 Å². The monoisotopic (exact) mass is 344 g/mol. The Hall–Kier alpha value is -1.46. The molecule has 1 saturated heterocycles. The summed E-state index contributed by atoms with van der Waals surface area (Å²) in [5.74, 6) is -0.401. The van der Waals surface area contributed by atoms with Crippen molar-refractivity contribution in [3.63, 3.8) is 0 Å². The number of hydrogen-bond donors (Lipinski definition) is 1. The van der Waals surface area contributed by atoms with Gasteiger partial charge in [0.05, 0.1) is 5.92 Å². The molecule has 0 unspecified atom stereocenters. The number of likely N-dealkylation sites (tertiary alicyclic amines) is 1. The molecular weight excluding hydrogens is 327 g/mol. The number of carbonyl (C=O) groups excluding carboxylic acids is 2. The highest BCUT2D eigenvalue weighted by atomic mass is 35.5. The Morgan fingerprint density at radius 1 is 1.32 bits per heavy atom. The molecule has 22 heavy (non-hydrogen) atoms. The standard InChI is InChI=1S/C15H18Cl2N2O3/c1-9(22-13-6-11(16)5-12(17)7-13)15(21)19-4-2-3-10(8-19)14(18)20/h5-7,9-10H,2-4,8H2,1H3,(H2,18,20)/t9-,10-/m0/s1. The van der Waals surface area contributed by atoms with Crippen LogP contribution in [-0.4, -0.2) is 35.9 Å². The Morgan fingerprint density at radius 3 is 2.55 bits per heavy atom. The van der Waals surface area contributed by atoms with Gasteiger partial charge in [-0.1, -0.05) is 23.2 Å². The molecule has 1 fully saturated rings. The maximum Gasteiger partial charge on any atom is 0.263 e. The van der Waals surface area contributed by atoms with Crippen LogP contribution in [0.4, 0.5) is 0 Å². The topological polar surface area (TPSA) is 72.6 Å². The second kappa shape index (κ2) is 7.20. The van der Waals surface area contributed by atoms with E-state index in [0.717, 1.165) is 12.8 Å². The van der Waals surface area contributed by atoms with Crippen molar-refractivity contribution < 1.29 is 14.3 Å². The summed E-state index contributed by atoms with van der Waals surface area (Å²) in [4.78, 5) is 25.3. The van der Waals surface area contributed by atoms with Crippen LogP contribution in [0.2, 0.25) is 10.0 Å². The lowest BCUT2D eigenvalue weighted by Gasteiger charge is -2.33. The first-order valence-corrected chi connectivity index (χ1v) is 7.83. The minimum absolute atomic E-state index is 0.179. The van der Waals surface area contributed by atoms with Crippen molar-refractivity contribution in [2.45, 2.75) is 25.9 Å². The fraction of sp³-hybridized carbons (Fsp3) is 0.467. The fourth-order valence-electron chi connectivity index (χ4n) is 2.52. The predicted molar refractivity (Wildman–Crippen MR) is 85.1 cm³/mol. The van der Waals surface area contributed by atoms with E-state index in [1.807, 2.05) is 0 Å². The number of hydrogen-bond acceptors (Lipinski definition) is 3. The van der Waals surface area contributed by atoms with Crippen LogP contribution in [0.5, 0.6) is 5.75 Å². The van der Waals surface area contributed by atoms with Crippen LogP contribution in [0.3, 0.4) is 0 Å². The van der Waals surface area contributed by atoms with Gasteiger partial charge >= 0.3 is 0 Å². The number of rotatable bonds is 4. The summed E-state index contributed by atoms with van der Waals surface area (Å²) < 4.78 is 5.61. The summed E-state index contributed by atoms with van der Waals surface area (Å²) in [5.41, 5.74) is 5.33. The molecule has 5 nitrogen and oxygen atoms in total. The molecule has 0 radical (unpaired) electrons. The molecule has 0 bridgehead atoms. The van der Waals surface area contributed by atoms with Crippen LogP contribution >= 0.6 is 23.2 Å². The molecule has 2 N–H and O–H groups in total. The van der Waals surface area contributed by atoms with E-state index in [1.165, 1.54) is 0 Å². The Bertz CT molecular complexity index is 560. The Morgan fingerprint density at radius 2 is 1.95 bits per heavy atom. The van der Waals surface area contributed by atoms with Gasteiger partial charge in [0.1, 0.15) is 5.75 Å². The number of primary amides is 1. The van der Waals surface area contributed by atoms with Crippen molar-refractivity contribution in [3.8, 4) is 5.75 Å². The highest BCUT2D eigenvalue weighted by Gasteiger charge is 2.30. The summed E-state index contributed by atoms with van der Waals surface area (Å²) in [6, 6.07) is 4.78. The van der Waals surface area contributed by atoms with Gasteiger partial charge < -0.3 is 15.4 Å². The van der Waals surface area contributed by atoms with Crippen LogP contribution in [-0.2, 0) is 9.59 Å². The smallest absolute Gasteiger partial charge is 0.263 e. The molecule has 1 aliphatic heterocycles. The number of piperidine rings is 1. The van der Waals surface area contributed by atoms with E-state index < -0.39 is 6.10 Å². The molecule has 120 valence electrons. The lowest BCUT2D eigenvalue weighted by atomic mass is 9.97. The van der Waals surface area contributed by atoms with Crippen molar-refractivity contribution in [2.75, 3.05) is 13.1 Å². The summed E-state index contributed by atoms with van der Waals surface area (Å²) in [5, 5.41) is 0.878. The second-order valence-electron chi connectivity index (χ2n) is 5.39. The molecule has 0 aliphatic carbocycles. The summed E-state index contributed by atoms with van der Waals surface area (Å²) in [7, 11) is 0. The van der Waals surface area contributed by atoms with Gasteiger partial charge in [-0.3, -0.25) is 9.59 Å². The molecule has 1 aromatic carbocycles. The van der Waals surface area contributed by atoms with Gasteiger partial charge in [0, 0.05) is 23.1 Å². The first-order chi connectivity index (χ1) is 10.4. The van der Waals surface area contributed by atoms with Gasteiger partial charge in [-0.05, 0) is 38.0 Å². The number of amides is 2. The van der Waals surface area contributed by atoms with Crippen LogP contribution < -0.4 is 10.5 Å². The van der Waals surface area contributed by atoms with E-state index in [4.69, 9.17) is 33.7 Å². The highest BCUT2D eigenvalue weighted by Crippen LogP contribution is 2.25. The number of nitrogens with two attached hydrogens (primary N) is 1. The first-order valence-electron chi connectivity index (χ1n) is 7.07. The largest absolute Gasteiger partial charge is 0.481 e. The van der Waals surface area contributed by atoms with E-state index in [2.05, 4.69) is 0 Å². The summed E-state index contributed by atoms with van der Waals surface area (Å²) in [6.45, 7) is 2.61. The Kier molecular flexibility index (Phi) is 5.53. The predicted octanol–water partition coefficient (Wildman–Crippen LogP) is 2.48. The lowest BCUT2D eigenvalue weighted by Crippen LogP contribution is -2.48. The van der Waals surface area contributed by atoms with Gasteiger partial charge in [0.2, 0.25) is 5.91 Å².